The summed E-state index contributed by atoms with van der Waals surface area (Å²) in [6, 6.07) is 8.12. The van der Waals surface area contributed by atoms with Crippen LogP contribution in [0, 0.1) is 11.8 Å². The fourth-order valence-corrected chi connectivity index (χ4v) is 4.18. The number of rotatable bonds is 0. The Hall–Kier alpha value is -1.90. The summed E-state index contributed by atoms with van der Waals surface area (Å²) in [7, 11) is 0. The van der Waals surface area contributed by atoms with E-state index in [0.29, 0.717) is 0 Å². The summed E-state index contributed by atoms with van der Waals surface area (Å²) in [5.41, 5.74) is 3.11. The summed E-state index contributed by atoms with van der Waals surface area (Å²) in [4.78, 5) is 24.1. The van der Waals surface area contributed by atoms with Gasteiger partial charge in [-0.25, -0.2) is 0 Å². The molecule has 3 heteroatoms. The topological polar surface area (TPSA) is 43.4 Å². The Morgan fingerprint density at radius 2 is 1.89 bits per heavy atom. The first-order valence-electron chi connectivity index (χ1n) is 6.59. The molecule has 0 radical (unpaired) electrons. The van der Waals surface area contributed by atoms with E-state index >= 15 is 0 Å². The number of benzene rings is 1. The molecule has 1 saturated heterocycles. The Labute approximate surface area is 111 Å². The lowest BCUT2D eigenvalue weighted by Gasteiger charge is -2.49. The quantitative estimate of drug-likeness (QED) is 0.405. The zero-order chi connectivity index (χ0) is 13.4. The van der Waals surface area contributed by atoms with E-state index in [2.05, 4.69) is 32.1 Å². The summed E-state index contributed by atoms with van der Waals surface area (Å²) in [6.45, 7) is 4.11. The van der Waals surface area contributed by atoms with Crippen LogP contribution in [0.2, 0.25) is 0 Å². The third kappa shape index (κ3) is 1.05. The summed E-state index contributed by atoms with van der Waals surface area (Å²) >= 11 is 0. The number of hydrogen-bond acceptors (Lipinski definition) is 3. The van der Waals surface area contributed by atoms with Gasteiger partial charge in [0.2, 0.25) is 0 Å². The predicted molar refractivity (Wildman–Crippen MR) is 68.4 cm³/mol. The van der Waals surface area contributed by atoms with Crippen LogP contribution in [0.4, 0.5) is 0 Å². The van der Waals surface area contributed by atoms with Crippen LogP contribution in [-0.2, 0) is 19.7 Å². The third-order valence-electron chi connectivity index (χ3n) is 5.22. The van der Waals surface area contributed by atoms with Crippen LogP contribution in [0.25, 0.3) is 0 Å². The van der Waals surface area contributed by atoms with Crippen molar-refractivity contribution in [3.8, 4) is 0 Å². The van der Waals surface area contributed by atoms with Crippen molar-refractivity contribution in [1.29, 1.82) is 0 Å². The van der Waals surface area contributed by atoms with E-state index in [1.807, 2.05) is 12.1 Å². The average Bonchev–Trinajstić information content (AvgIpc) is 2.70. The van der Waals surface area contributed by atoms with Gasteiger partial charge in [0.1, 0.15) is 0 Å². The van der Waals surface area contributed by atoms with E-state index in [1.165, 1.54) is 16.7 Å². The van der Waals surface area contributed by atoms with Crippen LogP contribution in [0.1, 0.15) is 30.9 Å². The van der Waals surface area contributed by atoms with Gasteiger partial charge in [0.25, 0.3) is 0 Å². The van der Waals surface area contributed by atoms with Crippen molar-refractivity contribution in [2.24, 2.45) is 11.8 Å². The van der Waals surface area contributed by atoms with Crippen LogP contribution in [-0.4, -0.2) is 11.9 Å². The van der Waals surface area contributed by atoms with E-state index in [0.717, 1.165) is 0 Å². The van der Waals surface area contributed by atoms with Gasteiger partial charge in [-0.15, -0.1) is 0 Å². The van der Waals surface area contributed by atoms with Crippen molar-refractivity contribution in [2.45, 2.75) is 25.2 Å². The van der Waals surface area contributed by atoms with Gasteiger partial charge in [-0.05, 0) is 18.1 Å². The molecular weight excluding hydrogens is 240 g/mol. The highest BCUT2D eigenvalue weighted by Crippen LogP contribution is 2.60. The highest BCUT2D eigenvalue weighted by atomic mass is 16.6. The smallest absolute Gasteiger partial charge is 0.318 e. The first-order chi connectivity index (χ1) is 9.05. The van der Waals surface area contributed by atoms with Crippen molar-refractivity contribution in [1.82, 2.24) is 0 Å². The number of esters is 2. The van der Waals surface area contributed by atoms with Crippen LogP contribution in [0.5, 0.6) is 0 Å². The molecule has 1 fully saturated rings. The van der Waals surface area contributed by atoms with Crippen LogP contribution < -0.4 is 0 Å². The fourth-order valence-electron chi connectivity index (χ4n) is 4.18. The molecule has 2 bridgehead atoms. The van der Waals surface area contributed by atoms with Gasteiger partial charge in [0, 0.05) is 11.3 Å². The number of carbonyl (C=O) groups excluding carboxylic acids is 2. The van der Waals surface area contributed by atoms with Gasteiger partial charge in [-0.3, -0.25) is 9.59 Å². The molecule has 0 amide bonds. The third-order valence-corrected chi connectivity index (χ3v) is 5.22. The molecule has 0 saturated carbocycles. The molecule has 96 valence electrons. The molecular formula is C16H14O3. The Bertz CT molecular complexity index is 658. The minimum atomic E-state index is -0.404. The molecule has 0 aromatic heterocycles. The maximum Gasteiger partial charge on any atom is 0.318 e. The summed E-state index contributed by atoms with van der Waals surface area (Å²) in [5.74, 6) is -1.42. The molecule has 3 aliphatic carbocycles. The number of ether oxygens (including phenoxy) is 1. The van der Waals surface area contributed by atoms with Crippen molar-refractivity contribution in [3.63, 3.8) is 0 Å². The second-order valence-electron chi connectivity index (χ2n) is 5.91. The average molecular weight is 254 g/mol. The lowest BCUT2D eigenvalue weighted by Crippen LogP contribution is -2.49. The van der Waals surface area contributed by atoms with Crippen LogP contribution >= 0.6 is 0 Å². The van der Waals surface area contributed by atoms with E-state index in [1.54, 1.807) is 0 Å². The summed E-state index contributed by atoms with van der Waals surface area (Å²) < 4.78 is 4.92. The second-order valence-corrected chi connectivity index (χ2v) is 5.91. The minimum Gasteiger partial charge on any atom is -0.393 e. The Morgan fingerprint density at radius 1 is 1.16 bits per heavy atom. The molecule has 0 N–H and O–H groups in total. The fraction of sp³-hybridized carbons (Fsp3) is 0.375. The van der Waals surface area contributed by atoms with Crippen LogP contribution in [0.15, 0.2) is 35.9 Å². The van der Waals surface area contributed by atoms with Crippen molar-refractivity contribution >= 4 is 11.9 Å². The molecule has 1 aliphatic heterocycles. The number of cyclic esters (lactones) is 2. The van der Waals surface area contributed by atoms with E-state index in [9.17, 15) is 9.59 Å². The zero-order valence-electron chi connectivity index (χ0n) is 10.8. The molecule has 0 spiro atoms. The number of carbonyl (C=O) groups is 2. The maximum absolute atomic E-state index is 12.1. The number of hydrogen-bond donors (Lipinski definition) is 0. The predicted octanol–water partition coefficient (Wildman–Crippen LogP) is 2.32. The van der Waals surface area contributed by atoms with Crippen LogP contribution in [0.3, 0.4) is 0 Å². The minimum absolute atomic E-state index is 0.0121. The molecule has 1 aromatic carbocycles. The Morgan fingerprint density at radius 3 is 2.68 bits per heavy atom. The van der Waals surface area contributed by atoms with E-state index in [-0.39, 0.29) is 29.7 Å². The monoisotopic (exact) mass is 254 g/mol. The van der Waals surface area contributed by atoms with Gasteiger partial charge in [0.15, 0.2) is 0 Å². The molecule has 0 unspecified atom stereocenters. The number of allylic oxidation sites excluding steroid dienone is 2. The normalized spacial score (nSPS) is 38.6. The lowest BCUT2D eigenvalue weighted by molar-refractivity contribution is -0.154. The standard InChI is InChI=1S/C16H14O3/c1-8-7-10-9-5-3-4-6-11(9)16(8,2)13-12(10)14(17)19-15(13)18/h3-7,10,12-13H,1-2H3/t10-,12-,13+,16-/m0/s1. The van der Waals surface area contributed by atoms with Crippen molar-refractivity contribution in [2.75, 3.05) is 0 Å². The molecule has 3 nitrogen and oxygen atoms in total. The van der Waals surface area contributed by atoms with E-state index in [4.69, 9.17) is 4.74 Å². The van der Waals surface area contributed by atoms with Gasteiger partial charge < -0.3 is 4.74 Å². The van der Waals surface area contributed by atoms with Crippen molar-refractivity contribution in [3.05, 3.63) is 47.0 Å². The molecule has 1 aromatic rings. The van der Waals surface area contributed by atoms with Gasteiger partial charge in [0.05, 0.1) is 11.8 Å². The summed E-state index contributed by atoms with van der Waals surface area (Å²) in [5, 5.41) is 0. The van der Waals surface area contributed by atoms with E-state index < -0.39 is 5.41 Å². The summed E-state index contributed by atoms with van der Waals surface area (Å²) in [6.07, 6.45) is 2.14. The van der Waals surface area contributed by atoms with Crippen molar-refractivity contribution < 1.29 is 14.3 Å². The molecule has 19 heavy (non-hydrogen) atoms. The molecule has 4 atom stereocenters. The maximum atomic E-state index is 12.1. The highest BCUT2D eigenvalue weighted by Gasteiger charge is 2.63. The first kappa shape index (κ1) is 11.0. The highest BCUT2D eigenvalue weighted by molar-refractivity contribution is 6.00. The van der Waals surface area contributed by atoms with Gasteiger partial charge in [-0.2, -0.15) is 0 Å². The lowest BCUT2D eigenvalue weighted by atomic mass is 9.50. The SMILES string of the molecule is CC1=C[C@H]2c3ccccc3[C@@]1(C)[C@H]1C(=O)OC(=O)[C@@H]21. The zero-order valence-corrected chi connectivity index (χ0v) is 10.8. The first-order valence-corrected chi connectivity index (χ1v) is 6.59. The second kappa shape index (κ2) is 3.16. The Kier molecular flexibility index (Phi) is 1.82. The Balaban J connectivity index is 2.07. The largest absolute Gasteiger partial charge is 0.393 e. The molecule has 1 heterocycles. The molecule has 5 rings (SSSR count). The van der Waals surface area contributed by atoms with Gasteiger partial charge in [-0.1, -0.05) is 42.8 Å². The molecule has 4 aliphatic rings. The van der Waals surface area contributed by atoms with Gasteiger partial charge >= 0.3 is 11.9 Å².